The van der Waals surface area contributed by atoms with Gasteiger partial charge in [-0.05, 0) is 46.7 Å². The molecule has 0 heterocycles. The Bertz CT molecular complexity index is 323. The van der Waals surface area contributed by atoms with Gasteiger partial charge in [0.1, 0.15) is 0 Å². The van der Waals surface area contributed by atoms with Crippen LogP contribution in [0.1, 0.15) is 25.3 Å². The van der Waals surface area contributed by atoms with Crippen molar-refractivity contribution in [2.45, 2.75) is 32.4 Å². The van der Waals surface area contributed by atoms with Crippen LogP contribution in [0.15, 0.2) is 24.3 Å². The van der Waals surface area contributed by atoms with Crippen LogP contribution in [0.5, 0.6) is 0 Å². The third kappa shape index (κ3) is 4.67. The lowest BCUT2D eigenvalue weighted by atomic mass is 10.1. The number of hydrogen-bond acceptors (Lipinski definition) is 1. The smallest absolute Gasteiger partial charge is 0.0689 e. The van der Waals surface area contributed by atoms with Crippen LogP contribution >= 0.6 is 22.6 Å². The minimum absolute atomic E-state index is 0.203. The van der Waals surface area contributed by atoms with E-state index in [2.05, 4.69) is 65.0 Å². The molecule has 15 heavy (non-hydrogen) atoms. The van der Waals surface area contributed by atoms with Gasteiger partial charge in [-0.15, -0.1) is 6.42 Å². The zero-order chi connectivity index (χ0) is 11.1. The largest absolute Gasteiger partial charge is 0.300 e. The molecule has 1 N–H and O–H groups in total. The third-order valence-corrected chi connectivity index (χ3v) is 2.96. The lowest BCUT2D eigenvalue weighted by Crippen LogP contribution is -2.26. The molecule has 0 saturated heterocycles. The maximum atomic E-state index is 5.43. The summed E-state index contributed by atoms with van der Waals surface area (Å²) < 4.78 is 1.26. The Morgan fingerprint density at radius 2 is 2.07 bits per heavy atom. The SMILES string of the molecule is C#CC(CCC)NCc1ccc(I)cc1. The van der Waals surface area contributed by atoms with Crippen LogP contribution < -0.4 is 5.32 Å². The van der Waals surface area contributed by atoms with Crippen molar-refractivity contribution in [3.05, 3.63) is 33.4 Å². The van der Waals surface area contributed by atoms with Crippen LogP contribution in [-0.2, 0) is 6.54 Å². The van der Waals surface area contributed by atoms with Crippen molar-refractivity contribution in [3.63, 3.8) is 0 Å². The standard InChI is InChI=1S/C13H16IN/c1-3-5-13(4-2)15-10-11-6-8-12(14)9-7-11/h2,6-9,13,15H,3,5,10H2,1H3. The number of halogens is 1. The Hall–Kier alpha value is -0.530. The number of nitrogens with one attached hydrogen (secondary N) is 1. The van der Waals surface area contributed by atoms with Crippen molar-refractivity contribution in [2.24, 2.45) is 0 Å². The molecule has 1 aromatic rings. The Labute approximate surface area is 106 Å². The van der Waals surface area contributed by atoms with Gasteiger partial charge < -0.3 is 0 Å². The second kappa shape index (κ2) is 6.86. The van der Waals surface area contributed by atoms with E-state index in [4.69, 9.17) is 6.42 Å². The summed E-state index contributed by atoms with van der Waals surface area (Å²) in [5, 5.41) is 3.37. The highest BCUT2D eigenvalue weighted by Gasteiger charge is 2.02. The molecule has 0 spiro atoms. The Kier molecular flexibility index (Phi) is 5.74. The van der Waals surface area contributed by atoms with E-state index in [0.717, 1.165) is 19.4 Å². The van der Waals surface area contributed by atoms with E-state index >= 15 is 0 Å². The molecule has 0 aromatic heterocycles. The predicted octanol–water partition coefficient (Wildman–Crippen LogP) is 3.18. The Morgan fingerprint density at radius 3 is 2.60 bits per heavy atom. The molecular formula is C13H16IN. The van der Waals surface area contributed by atoms with E-state index in [1.165, 1.54) is 9.13 Å². The number of hydrogen-bond donors (Lipinski definition) is 1. The number of rotatable bonds is 5. The average molecular weight is 313 g/mol. The van der Waals surface area contributed by atoms with Gasteiger partial charge in [0.2, 0.25) is 0 Å². The molecule has 0 fully saturated rings. The van der Waals surface area contributed by atoms with Crippen molar-refractivity contribution in [3.8, 4) is 12.3 Å². The van der Waals surface area contributed by atoms with Gasteiger partial charge in [0.15, 0.2) is 0 Å². The third-order valence-electron chi connectivity index (χ3n) is 2.24. The zero-order valence-electron chi connectivity index (χ0n) is 8.96. The Balaban J connectivity index is 2.42. The molecule has 0 amide bonds. The lowest BCUT2D eigenvalue weighted by Gasteiger charge is -2.11. The number of terminal acetylenes is 1. The van der Waals surface area contributed by atoms with E-state index in [-0.39, 0.29) is 6.04 Å². The highest BCUT2D eigenvalue weighted by molar-refractivity contribution is 14.1. The monoisotopic (exact) mass is 313 g/mol. The summed E-state index contributed by atoms with van der Waals surface area (Å²) in [5.41, 5.74) is 1.28. The quantitative estimate of drug-likeness (QED) is 0.650. The first-order chi connectivity index (χ1) is 7.26. The molecule has 1 rings (SSSR count). The summed E-state index contributed by atoms with van der Waals surface area (Å²) >= 11 is 2.31. The van der Waals surface area contributed by atoms with Gasteiger partial charge in [-0.1, -0.05) is 31.4 Å². The molecule has 1 aromatic carbocycles. The van der Waals surface area contributed by atoms with Gasteiger partial charge in [-0.25, -0.2) is 0 Å². The van der Waals surface area contributed by atoms with Gasteiger partial charge in [0, 0.05) is 10.1 Å². The summed E-state index contributed by atoms with van der Waals surface area (Å²) in [4.78, 5) is 0. The van der Waals surface area contributed by atoms with Crippen LogP contribution in [0.25, 0.3) is 0 Å². The van der Waals surface area contributed by atoms with Gasteiger partial charge in [0.05, 0.1) is 6.04 Å². The van der Waals surface area contributed by atoms with E-state index in [9.17, 15) is 0 Å². The van der Waals surface area contributed by atoms with Crippen molar-refractivity contribution < 1.29 is 0 Å². The van der Waals surface area contributed by atoms with Gasteiger partial charge in [0.25, 0.3) is 0 Å². The van der Waals surface area contributed by atoms with Crippen LogP contribution in [0.3, 0.4) is 0 Å². The fourth-order valence-corrected chi connectivity index (χ4v) is 1.74. The van der Waals surface area contributed by atoms with Crippen molar-refractivity contribution in [1.82, 2.24) is 5.32 Å². The highest BCUT2D eigenvalue weighted by atomic mass is 127. The van der Waals surface area contributed by atoms with Crippen LogP contribution in [-0.4, -0.2) is 6.04 Å². The van der Waals surface area contributed by atoms with Crippen LogP contribution in [0, 0.1) is 15.9 Å². The predicted molar refractivity (Wildman–Crippen MR) is 73.5 cm³/mol. The fourth-order valence-electron chi connectivity index (χ4n) is 1.38. The van der Waals surface area contributed by atoms with Gasteiger partial charge in [-0.3, -0.25) is 5.32 Å². The molecule has 1 atom stereocenters. The molecule has 1 nitrogen and oxygen atoms in total. The molecule has 0 aliphatic carbocycles. The molecule has 0 bridgehead atoms. The van der Waals surface area contributed by atoms with Crippen molar-refractivity contribution in [1.29, 1.82) is 0 Å². The summed E-state index contributed by atoms with van der Waals surface area (Å²) in [7, 11) is 0. The molecule has 80 valence electrons. The minimum Gasteiger partial charge on any atom is -0.300 e. The molecule has 0 saturated carbocycles. The fraction of sp³-hybridized carbons (Fsp3) is 0.385. The molecule has 0 aliphatic rings. The molecule has 2 heteroatoms. The van der Waals surface area contributed by atoms with E-state index in [1.807, 2.05) is 0 Å². The second-order valence-corrected chi connectivity index (χ2v) is 4.76. The number of benzene rings is 1. The molecule has 0 aliphatic heterocycles. The summed E-state index contributed by atoms with van der Waals surface area (Å²) in [6, 6.07) is 8.70. The minimum atomic E-state index is 0.203. The summed E-state index contributed by atoms with van der Waals surface area (Å²) in [6.45, 7) is 3.00. The van der Waals surface area contributed by atoms with Crippen LogP contribution in [0.2, 0.25) is 0 Å². The summed E-state index contributed by atoms with van der Waals surface area (Å²) in [5.74, 6) is 2.77. The topological polar surface area (TPSA) is 12.0 Å². The second-order valence-electron chi connectivity index (χ2n) is 3.52. The van der Waals surface area contributed by atoms with E-state index < -0.39 is 0 Å². The van der Waals surface area contributed by atoms with Gasteiger partial charge >= 0.3 is 0 Å². The maximum absolute atomic E-state index is 5.43. The maximum Gasteiger partial charge on any atom is 0.0689 e. The average Bonchev–Trinajstić information content (AvgIpc) is 2.26. The first-order valence-electron chi connectivity index (χ1n) is 5.20. The lowest BCUT2D eigenvalue weighted by molar-refractivity contribution is 0.563. The van der Waals surface area contributed by atoms with E-state index in [1.54, 1.807) is 0 Å². The van der Waals surface area contributed by atoms with Crippen molar-refractivity contribution in [2.75, 3.05) is 0 Å². The normalized spacial score (nSPS) is 12.1. The first-order valence-corrected chi connectivity index (χ1v) is 6.28. The van der Waals surface area contributed by atoms with Crippen LogP contribution in [0.4, 0.5) is 0 Å². The highest BCUT2D eigenvalue weighted by Crippen LogP contribution is 2.07. The molecule has 0 radical (unpaired) electrons. The molecule has 1 unspecified atom stereocenters. The zero-order valence-corrected chi connectivity index (χ0v) is 11.1. The summed E-state index contributed by atoms with van der Waals surface area (Å²) in [6.07, 6.45) is 7.60. The van der Waals surface area contributed by atoms with E-state index in [0.29, 0.717) is 0 Å². The Morgan fingerprint density at radius 1 is 1.40 bits per heavy atom. The molecular weight excluding hydrogens is 297 g/mol. The first kappa shape index (κ1) is 12.5. The van der Waals surface area contributed by atoms with Crippen molar-refractivity contribution >= 4 is 22.6 Å². The van der Waals surface area contributed by atoms with Gasteiger partial charge in [-0.2, -0.15) is 0 Å².